The van der Waals surface area contributed by atoms with Crippen LogP contribution < -0.4 is 5.32 Å². The molecule has 0 atom stereocenters. The highest BCUT2D eigenvalue weighted by atomic mass is 32.1. The van der Waals surface area contributed by atoms with E-state index in [9.17, 15) is 13.6 Å². The van der Waals surface area contributed by atoms with Crippen molar-refractivity contribution in [1.82, 2.24) is 5.32 Å². The lowest BCUT2D eigenvalue weighted by atomic mass is 10.1. The van der Waals surface area contributed by atoms with Crippen LogP contribution in [0.15, 0.2) is 18.2 Å². The first-order valence-corrected chi connectivity index (χ1v) is 4.27. The zero-order valence-corrected chi connectivity index (χ0v) is 7.91. The first kappa shape index (κ1) is 10.7. The summed E-state index contributed by atoms with van der Waals surface area (Å²) in [4.78, 5) is 11.0. The number of benzene rings is 1. The largest absolute Gasteiger partial charge is 0.323 e. The van der Waals surface area contributed by atoms with Crippen LogP contribution in [-0.4, -0.2) is 11.4 Å². The third kappa shape index (κ3) is 2.85. The van der Waals surface area contributed by atoms with E-state index >= 15 is 0 Å². The van der Waals surface area contributed by atoms with Gasteiger partial charge in [-0.2, -0.15) is 0 Å². The smallest absolute Gasteiger partial charge is 0.229 e. The highest BCUT2D eigenvalue weighted by Gasteiger charge is 2.07. The number of hydrogen-bond acceptors (Lipinski definition) is 2. The molecule has 0 unspecified atom stereocenters. The van der Waals surface area contributed by atoms with Crippen molar-refractivity contribution in [1.29, 1.82) is 0 Å². The fourth-order valence-corrected chi connectivity index (χ4v) is 1.09. The Labute approximate surface area is 84.9 Å². The van der Waals surface area contributed by atoms with Gasteiger partial charge in [0.15, 0.2) is 0 Å². The normalized spacial score (nSPS) is 9.57. The summed E-state index contributed by atoms with van der Waals surface area (Å²) >= 11 is 4.39. The van der Waals surface area contributed by atoms with E-state index in [2.05, 4.69) is 17.5 Å². The number of hydrogen-bond donors (Lipinski definition) is 1. The molecule has 0 aliphatic carbocycles. The van der Waals surface area contributed by atoms with Gasteiger partial charge in [-0.15, -0.1) is 0 Å². The molecule has 0 fully saturated rings. The maximum atomic E-state index is 13.0. The Hall–Kier alpha value is -1.36. The molecular formula is C9H7F2NOS. The van der Waals surface area contributed by atoms with Crippen LogP contribution in [0, 0.1) is 11.6 Å². The topological polar surface area (TPSA) is 29.1 Å². The molecule has 5 heteroatoms. The van der Waals surface area contributed by atoms with Crippen LogP contribution in [0.25, 0.3) is 0 Å². The zero-order valence-electron chi connectivity index (χ0n) is 7.09. The van der Waals surface area contributed by atoms with E-state index in [1.807, 2.05) is 0 Å². The first-order valence-electron chi connectivity index (χ1n) is 3.80. The summed E-state index contributed by atoms with van der Waals surface area (Å²) in [5.41, 5.74) is 1.18. The van der Waals surface area contributed by atoms with Gasteiger partial charge in [-0.3, -0.25) is 4.79 Å². The lowest BCUT2D eigenvalue weighted by Crippen LogP contribution is -2.22. The number of nitrogens with one attached hydrogen (secondary N) is 1. The number of amides is 1. The van der Waals surface area contributed by atoms with Crippen LogP contribution in [0.1, 0.15) is 5.56 Å². The molecule has 0 saturated heterocycles. The minimum atomic E-state index is -0.732. The summed E-state index contributed by atoms with van der Waals surface area (Å²) in [6.07, 6.45) is -0.154. The SMILES string of the molecule is O=C(Cc1ccc(F)cc1F)NC=S. The molecule has 1 amide bonds. The second kappa shape index (κ2) is 4.76. The van der Waals surface area contributed by atoms with E-state index in [1.54, 1.807) is 0 Å². The number of rotatable bonds is 3. The monoisotopic (exact) mass is 215 g/mol. The Morgan fingerprint density at radius 3 is 2.79 bits per heavy atom. The molecule has 0 heterocycles. The van der Waals surface area contributed by atoms with Crippen LogP contribution in [-0.2, 0) is 11.2 Å². The fourth-order valence-electron chi connectivity index (χ4n) is 0.955. The first-order chi connectivity index (χ1) is 6.63. The van der Waals surface area contributed by atoms with E-state index in [4.69, 9.17) is 0 Å². The van der Waals surface area contributed by atoms with Crippen molar-refractivity contribution in [2.75, 3.05) is 0 Å². The molecule has 14 heavy (non-hydrogen) atoms. The summed E-state index contributed by atoms with van der Waals surface area (Å²) in [5, 5.41) is 2.23. The molecule has 0 aromatic heterocycles. The van der Waals surface area contributed by atoms with E-state index in [-0.39, 0.29) is 12.0 Å². The van der Waals surface area contributed by atoms with Gasteiger partial charge in [-0.25, -0.2) is 8.78 Å². The van der Waals surface area contributed by atoms with Crippen LogP contribution in [0.2, 0.25) is 0 Å². The van der Waals surface area contributed by atoms with Gasteiger partial charge in [-0.05, 0) is 11.6 Å². The lowest BCUT2D eigenvalue weighted by molar-refractivity contribution is -0.118. The Balaban J connectivity index is 2.76. The van der Waals surface area contributed by atoms with Gasteiger partial charge in [0.1, 0.15) is 11.6 Å². The summed E-state index contributed by atoms with van der Waals surface area (Å²) in [6, 6.07) is 3.07. The van der Waals surface area contributed by atoms with Crippen molar-refractivity contribution in [3.63, 3.8) is 0 Å². The third-order valence-electron chi connectivity index (χ3n) is 1.59. The minimum absolute atomic E-state index is 0.140. The summed E-state index contributed by atoms with van der Waals surface area (Å²) in [6.45, 7) is 0. The minimum Gasteiger partial charge on any atom is -0.323 e. The van der Waals surface area contributed by atoms with Crippen molar-refractivity contribution in [3.8, 4) is 0 Å². The van der Waals surface area contributed by atoms with Gasteiger partial charge in [0.05, 0.1) is 11.9 Å². The number of halogens is 2. The van der Waals surface area contributed by atoms with Gasteiger partial charge in [0.25, 0.3) is 0 Å². The average molecular weight is 215 g/mol. The van der Waals surface area contributed by atoms with Crippen LogP contribution in [0.3, 0.4) is 0 Å². The number of carbonyl (C=O) groups is 1. The molecule has 0 saturated carbocycles. The molecule has 2 nitrogen and oxygen atoms in total. The Morgan fingerprint density at radius 1 is 1.50 bits per heavy atom. The van der Waals surface area contributed by atoms with Crippen molar-refractivity contribution < 1.29 is 13.6 Å². The van der Waals surface area contributed by atoms with Gasteiger partial charge < -0.3 is 5.32 Å². The van der Waals surface area contributed by atoms with Crippen molar-refractivity contribution in [3.05, 3.63) is 35.4 Å². The van der Waals surface area contributed by atoms with E-state index in [0.29, 0.717) is 0 Å². The highest BCUT2D eigenvalue weighted by molar-refractivity contribution is 7.78. The molecular weight excluding hydrogens is 208 g/mol. The summed E-state index contributed by atoms with van der Waals surface area (Å²) < 4.78 is 25.5. The average Bonchev–Trinajstić information content (AvgIpc) is 2.10. The number of carbonyl (C=O) groups excluding carboxylic acids is 1. The maximum absolute atomic E-state index is 13.0. The second-order valence-corrected chi connectivity index (χ2v) is 2.83. The molecule has 1 rings (SSSR count). The fraction of sp³-hybridized carbons (Fsp3) is 0.111. The molecule has 0 spiro atoms. The predicted octanol–water partition coefficient (Wildman–Crippen LogP) is 1.58. The summed E-state index contributed by atoms with van der Waals surface area (Å²) in [5.74, 6) is -1.82. The predicted molar refractivity (Wildman–Crippen MR) is 51.9 cm³/mol. The lowest BCUT2D eigenvalue weighted by Gasteiger charge is -2.01. The maximum Gasteiger partial charge on any atom is 0.229 e. The second-order valence-electron chi connectivity index (χ2n) is 2.60. The van der Waals surface area contributed by atoms with Gasteiger partial charge in [0, 0.05) is 6.07 Å². The standard InChI is InChI=1S/C9H7F2NOS/c10-7-2-1-6(8(11)4-7)3-9(13)12-5-14/h1-2,4-5H,3H2,(H,12,13,14). The Bertz CT molecular complexity index is 368. The van der Waals surface area contributed by atoms with Gasteiger partial charge >= 0.3 is 0 Å². The highest BCUT2D eigenvalue weighted by Crippen LogP contribution is 2.09. The van der Waals surface area contributed by atoms with Gasteiger partial charge in [0.2, 0.25) is 5.91 Å². The Kier molecular flexibility index (Phi) is 3.64. The molecule has 74 valence electrons. The van der Waals surface area contributed by atoms with Crippen LogP contribution in [0.4, 0.5) is 8.78 Å². The van der Waals surface area contributed by atoms with Crippen molar-refractivity contribution >= 4 is 23.6 Å². The quantitative estimate of drug-likeness (QED) is 0.775. The zero-order chi connectivity index (χ0) is 10.6. The molecule has 1 N–H and O–H groups in total. The van der Waals surface area contributed by atoms with Crippen LogP contribution >= 0.6 is 12.2 Å². The Morgan fingerprint density at radius 2 is 2.21 bits per heavy atom. The molecule has 1 aromatic carbocycles. The van der Waals surface area contributed by atoms with Crippen molar-refractivity contribution in [2.24, 2.45) is 0 Å². The van der Waals surface area contributed by atoms with Crippen molar-refractivity contribution in [2.45, 2.75) is 6.42 Å². The third-order valence-corrected chi connectivity index (χ3v) is 1.70. The molecule has 0 aliphatic heterocycles. The van der Waals surface area contributed by atoms with Crippen LogP contribution in [0.5, 0.6) is 0 Å². The summed E-state index contributed by atoms with van der Waals surface area (Å²) in [7, 11) is 0. The molecule has 1 aromatic rings. The van der Waals surface area contributed by atoms with E-state index in [0.717, 1.165) is 17.6 Å². The molecule has 0 bridgehead atoms. The van der Waals surface area contributed by atoms with Gasteiger partial charge in [-0.1, -0.05) is 18.3 Å². The molecule has 0 aliphatic rings. The number of thiocarbonyl (C=S) groups is 1. The van der Waals surface area contributed by atoms with E-state index < -0.39 is 17.5 Å². The molecule has 0 radical (unpaired) electrons. The van der Waals surface area contributed by atoms with E-state index in [1.165, 1.54) is 6.07 Å².